The quantitative estimate of drug-likeness (QED) is 0.828. The van der Waals surface area contributed by atoms with E-state index in [4.69, 9.17) is 4.74 Å². The van der Waals surface area contributed by atoms with Gasteiger partial charge in [-0.05, 0) is 31.5 Å². The molecule has 0 bridgehead atoms. The van der Waals surface area contributed by atoms with Crippen LogP contribution in [0.5, 0.6) is 5.75 Å². The fourth-order valence-electron chi connectivity index (χ4n) is 2.00. The van der Waals surface area contributed by atoms with Crippen molar-refractivity contribution in [3.05, 3.63) is 30.1 Å². The molecule has 1 atom stereocenters. The van der Waals surface area contributed by atoms with Gasteiger partial charge in [-0.25, -0.2) is 4.39 Å². The Morgan fingerprint density at radius 2 is 1.94 bits per heavy atom. The molecule has 2 rings (SSSR count). The third-order valence-electron chi connectivity index (χ3n) is 3.00. The first kappa shape index (κ1) is 13.1. The SMILES string of the molecule is Fc1ccccc1OC1(C(F)(F)F)CCCNC1. The number of rotatable bonds is 2. The van der Waals surface area contributed by atoms with Gasteiger partial charge in [-0.1, -0.05) is 12.1 Å². The van der Waals surface area contributed by atoms with Gasteiger partial charge in [0.1, 0.15) is 0 Å². The van der Waals surface area contributed by atoms with Crippen LogP contribution in [0.2, 0.25) is 0 Å². The Kier molecular flexibility index (Phi) is 3.47. The summed E-state index contributed by atoms with van der Waals surface area (Å²) < 4.78 is 57.7. The van der Waals surface area contributed by atoms with Crippen LogP contribution in [0.15, 0.2) is 24.3 Å². The van der Waals surface area contributed by atoms with E-state index in [0.29, 0.717) is 13.0 Å². The van der Waals surface area contributed by atoms with Gasteiger partial charge in [0.2, 0.25) is 5.60 Å². The molecule has 1 aromatic carbocycles. The van der Waals surface area contributed by atoms with E-state index in [1.54, 1.807) is 0 Å². The second kappa shape index (κ2) is 4.76. The minimum atomic E-state index is -4.54. The van der Waals surface area contributed by atoms with Crippen LogP contribution in [-0.2, 0) is 0 Å². The van der Waals surface area contributed by atoms with E-state index in [2.05, 4.69) is 5.32 Å². The number of benzene rings is 1. The number of nitrogens with one attached hydrogen (secondary N) is 1. The van der Waals surface area contributed by atoms with E-state index < -0.39 is 17.6 Å². The van der Waals surface area contributed by atoms with Crippen molar-refractivity contribution in [2.45, 2.75) is 24.6 Å². The van der Waals surface area contributed by atoms with Gasteiger partial charge in [-0.3, -0.25) is 0 Å². The minimum absolute atomic E-state index is 0.169. The van der Waals surface area contributed by atoms with E-state index in [1.165, 1.54) is 18.2 Å². The Morgan fingerprint density at radius 3 is 2.50 bits per heavy atom. The standard InChI is InChI=1S/C12H13F4NO/c13-9-4-1-2-5-10(9)18-11(12(14,15)16)6-3-7-17-8-11/h1-2,4-5,17H,3,6-8H2. The summed E-state index contributed by atoms with van der Waals surface area (Å²) >= 11 is 0. The lowest BCUT2D eigenvalue weighted by Crippen LogP contribution is -2.59. The molecule has 0 radical (unpaired) electrons. The molecule has 100 valence electrons. The maximum absolute atomic E-state index is 13.4. The summed E-state index contributed by atoms with van der Waals surface area (Å²) in [6.07, 6.45) is -4.37. The first-order valence-electron chi connectivity index (χ1n) is 5.66. The first-order valence-corrected chi connectivity index (χ1v) is 5.66. The highest BCUT2D eigenvalue weighted by atomic mass is 19.4. The van der Waals surface area contributed by atoms with Gasteiger partial charge in [-0.2, -0.15) is 13.2 Å². The minimum Gasteiger partial charge on any atom is -0.473 e. The Balaban J connectivity index is 2.29. The predicted molar refractivity (Wildman–Crippen MR) is 57.9 cm³/mol. The number of piperidine rings is 1. The molecular weight excluding hydrogens is 250 g/mol. The van der Waals surface area contributed by atoms with Crippen LogP contribution in [0.1, 0.15) is 12.8 Å². The summed E-state index contributed by atoms with van der Waals surface area (Å²) in [4.78, 5) is 0. The molecule has 1 aliphatic rings. The van der Waals surface area contributed by atoms with Crippen molar-refractivity contribution in [3.63, 3.8) is 0 Å². The zero-order valence-corrected chi connectivity index (χ0v) is 9.56. The predicted octanol–water partition coefficient (Wildman–Crippen LogP) is 2.89. The zero-order chi connectivity index (χ0) is 13.2. The molecule has 1 N–H and O–H groups in total. The topological polar surface area (TPSA) is 21.3 Å². The van der Waals surface area contributed by atoms with Crippen molar-refractivity contribution < 1.29 is 22.3 Å². The molecule has 0 spiro atoms. The summed E-state index contributed by atoms with van der Waals surface area (Å²) in [5.74, 6) is -1.15. The molecule has 1 aromatic rings. The third kappa shape index (κ3) is 2.43. The summed E-state index contributed by atoms with van der Waals surface area (Å²) in [5, 5.41) is 2.65. The van der Waals surface area contributed by atoms with Crippen LogP contribution in [0, 0.1) is 5.82 Å². The summed E-state index contributed by atoms with van der Waals surface area (Å²) in [7, 11) is 0. The van der Waals surface area contributed by atoms with E-state index in [-0.39, 0.29) is 18.7 Å². The van der Waals surface area contributed by atoms with Crippen molar-refractivity contribution in [1.82, 2.24) is 5.32 Å². The van der Waals surface area contributed by atoms with Crippen molar-refractivity contribution in [2.75, 3.05) is 13.1 Å². The molecule has 1 aliphatic heterocycles. The number of halogens is 4. The Labute approximate surface area is 102 Å². The van der Waals surface area contributed by atoms with Crippen LogP contribution >= 0.6 is 0 Å². The maximum Gasteiger partial charge on any atom is 0.429 e. The van der Waals surface area contributed by atoms with Crippen molar-refractivity contribution in [2.24, 2.45) is 0 Å². The second-order valence-electron chi connectivity index (χ2n) is 4.30. The lowest BCUT2D eigenvalue weighted by atomic mass is 9.93. The lowest BCUT2D eigenvalue weighted by molar-refractivity contribution is -0.253. The number of hydrogen-bond donors (Lipinski definition) is 1. The van der Waals surface area contributed by atoms with Gasteiger partial charge < -0.3 is 10.1 Å². The van der Waals surface area contributed by atoms with Gasteiger partial charge in [0.05, 0.1) is 0 Å². The van der Waals surface area contributed by atoms with E-state index in [0.717, 1.165) is 6.07 Å². The van der Waals surface area contributed by atoms with E-state index in [9.17, 15) is 17.6 Å². The van der Waals surface area contributed by atoms with Crippen LogP contribution in [0.4, 0.5) is 17.6 Å². The van der Waals surface area contributed by atoms with Gasteiger partial charge in [-0.15, -0.1) is 0 Å². The molecule has 0 aliphatic carbocycles. The third-order valence-corrected chi connectivity index (χ3v) is 3.00. The number of hydrogen-bond acceptors (Lipinski definition) is 2. The molecule has 6 heteroatoms. The van der Waals surface area contributed by atoms with Gasteiger partial charge in [0, 0.05) is 6.54 Å². The molecule has 0 saturated carbocycles. The summed E-state index contributed by atoms with van der Waals surface area (Å²) in [6, 6.07) is 5.13. The molecular formula is C12H13F4NO. The van der Waals surface area contributed by atoms with Crippen LogP contribution < -0.4 is 10.1 Å². The fraction of sp³-hybridized carbons (Fsp3) is 0.500. The first-order chi connectivity index (χ1) is 8.45. The molecule has 18 heavy (non-hydrogen) atoms. The van der Waals surface area contributed by atoms with E-state index >= 15 is 0 Å². The van der Waals surface area contributed by atoms with Crippen molar-refractivity contribution >= 4 is 0 Å². The molecule has 0 aromatic heterocycles. The molecule has 1 unspecified atom stereocenters. The van der Waals surface area contributed by atoms with Crippen LogP contribution in [0.25, 0.3) is 0 Å². The lowest BCUT2D eigenvalue weighted by Gasteiger charge is -2.39. The van der Waals surface area contributed by atoms with Crippen LogP contribution in [0.3, 0.4) is 0 Å². The van der Waals surface area contributed by atoms with E-state index in [1.807, 2.05) is 0 Å². The Morgan fingerprint density at radius 1 is 1.22 bits per heavy atom. The molecule has 0 amide bonds. The monoisotopic (exact) mass is 263 g/mol. The highest BCUT2D eigenvalue weighted by Crippen LogP contribution is 2.39. The second-order valence-corrected chi connectivity index (χ2v) is 4.30. The number of ether oxygens (including phenoxy) is 1. The molecule has 1 heterocycles. The average molecular weight is 263 g/mol. The highest BCUT2D eigenvalue weighted by Gasteiger charge is 2.57. The van der Waals surface area contributed by atoms with Crippen molar-refractivity contribution in [3.8, 4) is 5.75 Å². The largest absolute Gasteiger partial charge is 0.473 e. The van der Waals surface area contributed by atoms with Crippen LogP contribution in [-0.4, -0.2) is 24.9 Å². The Bertz CT molecular complexity index is 413. The number of para-hydroxylation sites is 1. The zero-order valence-electron chi connectivity index (χ0n) is 9.56. The molecule has 1 fully saturated rings. The van der Waals surface area contributed by atoms with Gasteiger partial charge in [0.25, 0.3) is 0 Å². The smallest absolute Gasteiger partial charge is 0.429 e. The normalized spacial score (nSPS) is 24.9. The highest BCUT2D eigenvalue weighted by molar-refractivity contribution is 5.25. The Hall–Kier alpha value is -1.30. The average Bonchev–Trinajstić information content (AvgIpc) is 2.32. The number of alkyl halides is 3. The molecule has 2 nitrogen and oxygen atoms in total. The summed E-state index contributed by atoms with van der Waals surface area (Å²) in [6.45, 7) is 0.156. The molecule has 1 saturated heterocycles. The van der Waals surface area contributed by atoms with Gasteiger partial charge >= 0.3 is 6.18 Å². The summed E-state index contributed by atoms with van der Waals surface area (Å²) in [5.41, 5.74) is -2.34. The maximum atomic E-state index is 13.4. The fourth-order valence-corrected chi connectivity index (χ4v) is 2.00. The van der Waals surface area contributed by atoms with Crippen molar-refractivity contribution in [1.29, 1.82) is 0 Å². The van der Waals surface area contributed by atoms with Gasteiger partial charge in [0.15, 0.2) is 11.6 Å².